The molecule has 1 atom stereocenters. The van der Waals surface area contributed by atoms with Gasteiger partial charge in [0.1, 0.15) is 0 Å². The Hall–Kier alpha value is -3.06. The number of rotatable bonds is 11. The standard InChI is InChI=1S/C26H40N4O8/c1-19(2)21-5-3-20(4-6-21)13-22-14-29(17-25(35)36)10-9-27(15-23(31)32)7-8-28(16-24(33)34)11-12-30(22)18-26(37)38/h3-6,19,22H,7-18H2,1-2H3,(H,31,32)(H,33,34)(H,35,36)(H,37,38)/t22-/m0/s1. The van der Waals surface area contributed by atoms with E-state index in [1.54, 1.807) is 19.6 Å². The lowest BCUT2D eigenvalue weighted by Crippen LogP contribution is -2.53. The monoisotopic (exact) mass is 536 g/mol. The molecule has 1 fully saturated rings. The summed E-state index contributed by atoms with van der Waals surface area (Å²) in [6, 6.07) is 7.69. The van der Waals surface area contributed by atoms with E-state index in [9.17, 15) is 39.6 Å². The summed E-state index contributed by atoms with van der Waals surface area (Å²) >= 11 is 0. The second-order valence-corrected chi connectivity index (χ2v) is 10.1. The molecule has 0 spiro atoms. The van der Waals surface area contributed by atoms with E-state index in [1.807, 2.05) is 24.3 Å². The van der Waals surface area contributed by atoms with E-state index >= 15 is 0 Å². The average molecular weight is 537 g/mol. The topological polar surface area (TPSA) is 162 Å². The van der Waals surface area contributed by atoms with E-state index in [0.29, 0.717) is 12.3 Å². The predicted molar refractivity (Wildman–Crippen MR) is 139 cm³/mol. The molecule has 38 heavy (non-hydrogen) atoms. The highest BCUT2D eigenvalue weighted by Gasteiger charge is 2.27. The van der Waals surface area contributed by atoms with Crippen molar-refractivity contribution in [1.82, 2.24) is 19.6 Å². The van der Waals surface area contributed by atoms with Crippen LogP contribution in [0.25, 0.3) is 0 Å². The first kappa shape index (κ1) is 31.2. The molecule has 0 radical (unpaired) electrons. The maximum atomic E-state index is 11.8. The number of nitrogens with zero attached hydrogens (tertiary/aromatic N) is 4. The Labute approximate surface area is 223 Å². The highest BCUT2D eigenvalue weighted by Crippen LogP contribution is 2.18. The van der Waals surface area contributed by atoms with E-state index in [4.69, 9.17) is 0 Å². The van der Waals surface area contributed by atoms with E-state index in [-0.39, 0.29) is 78.0 Å². The number of benzene rings is 1. The van der Waals surface area contributed by atoms with Crippen molar-refractivity contribution in [1.29, 1.82) is 0 Å². The Bertz CT molecular complexity index is 940. The third kappa shape index (κ3) is 11.5. The van der Waals surface area contributed by atoms with Crippen LogP contribution in [0.1, 0.15) is 30.9 Å². The van der Waals surface area contributed by atoms with Crippen molar-refractivity contribution in [3.05, 3.63) is 35.4 Å². The summed E-state index contributed by atoms with van der Waals surface area (Å²) in [5.74, 6) is -3.75. The molecular weight excluding hydrogens is 496 g/mol. The number of aliphatic carboxylic acids is 4. The van der Waals surface area contributed by atoms with E-state index in [2.05, 4.69) is 13.8 Å². The fraction of sp³-hybridized carbons (Fsp3) is 0.615. The molecule has 4 N–H and O–H groups in total. The van der Waals surface area contributed by atoms with Gasteiger partial charge in [-0.2, -0.15) is 0 Å². The number of hydrogen-bond acceptors (Lipinski definition) is 8. The van der Waals surface area contributed by atoms with Crippen molar-refractivity contribution in [2.75, 3.05) is 72.0 Å². The molecule has 1 saturated heterocycles. The first-order valence-corrected chi connectivity index (χ1v) is 12.8. The number of carbonyl (C=O) groups is 4. The van der Waals surface area contributed by atoms with E-state index < -0.39 is 23.9 Å². The number of carboxylic acid groups (broad SMARTS) is 4. The second kappa shape index (κ2) is 15.4. The van der Waals surface area contributed by atoms with E-state index in [1.165, 1.54) is 5.56 Å². The lowest BCUT2D eigenvalue weighted by Gasteiger charge is -2.37. The Balaban J connectivity index is 2.40. The largest absolute Gasteiger partial charge is 0.480 e. The van der Waals surface area contributed by atoms with Gasteiger partial charge in [-0.05, 0) is 23.5 Å². The van der Waals surface area contributed by atoms with Gasteiger partial charge in [-0.1, -0.05) is 38.1 Å². The minimum Gasteiger partial charge on any atom is -0.480 e. The van der Waals surface area contributed by atoms with Crippen LogP contribution in [0.5, 0.6) is 0 Å². The zero-order valence-corrected chi connectivity index (χ0v) is 22.2. The predicted octanol–water partition coefficient (Wildman–Crippen LogP) is 0.281. The minimum absolute atomic E-state index is 0.251. The molecule has 0 bridgehead atoms. The van der Waals surface area contributed by atoms with Crippen LogP contribution in [0, 0.1) is 0 Å². The molecule has 1 aromatic rings. The molecule has 212 valence electrons. The van der Waals surface area contributed by atoms with Crippen molar-refractivity contribution in [2.45, 2.75) is 32.2 Å². The van der Waals surface area contributed by atoms with Gasteiger partial charge >= 0.3 is 23.9 Å². The molecule has 12 nitrogen and oxygen atoms in total. The van der Waals surface area contributed by atoms with Gasteiger partial charge in [-0.25, -0.2) is 0 Å². The van der Waals surface area contributed by atoms with Crippen LogP contribution in [-0.4, -0.2) is 142 Å². The van der Waals surface area contributed by atoms with Gasteiger partial charge in [0.15, 0.2) is 0 Å². The van der Waals surface area contributed by atoms with Gasteiger partial charge in [0.25, 0.3) is 0 Å². The fourth-order valence-corrected chi connectivity index (χ4v) is 4.67. The van der Waals surface area contributed by atoms with Crippen LogP contribution in [0.15, 0.2) is 24.3 Å². The first-order chi connectivity index (χ1) is 17.9. The van der Waals surface area contributed by atoms with Gasteiger partial charge in [0.05, 0.1) is 26.2 Å². The van der Waals surface area contributed by atoms with Gasteiger partial charge in [-0.15, -0.1) is 0 Å². The third-order valence-corrected chi connectivity index (χ3v) is 6.69. The molecule has 0 saturated carbocycles. The summed E-state index contributed by atoms with van der Waals surface area (Å²) in [4.78, 5) is 53.2. The summed E-state index contributed by atoms with van der Waals surface area (Å²) in [6.45, 7) is 5.02. The van der Waals surface area contributed by atoms with E-state index in [0.717, 1.165) is 5.56 Å². The van der Waals surface area contributed by atoms with Gasteiger partial charge in [0.2, 0.25) is 0 Å². The Morgan fingerprint density at radius 2 is 1.11 bits per heavy atom. The second-order valence-electron chi connectivity index (χ2n) is 10.1. The zero-order valence-electron chi connectivity index (χ0n) is 22.2. The fourth-order valence-electron chi connectivity index (χ4n) is 4.67. The van der Waals surface area contributed by atoms with Crippen molar-refractivity contribution >= 4 is 23.9 Å². The molecule has 1 aliphatic rings. The summed E-state index contributed by atoms with van der Waals surface area (Å²) < 4.78 is 0. The molecule has 1 aromatic carbocycles. The van der Waals surface area contributed by atoms with Crippen molar-refractivity contribution in [3.8, 4) is 0 Å². The molecule has 2 rings (SSSR count). The lowest BCUT2D eigenvalue weighted by molar-refractivity contribution is -0.142. The molecule has 0 aromatic heterocycles. The third-order valence-electron chi connectivity index (χ3n) is 6.69. The SMILES string of the molecule is CC(C)c1ccc(C[C@H]2CN(CC(=O)O)CCN(CC(=O)O)CCN(CC(=O)O)CCN2CC(=O)O)cc1. The Morgan fingerprint density at radius 1 is 0.684 bits per heavy atom. The number of hydrogen-bond donors (Lipinski definition) is 4. The Kier molecular flexibility index (Phi) is 12.6. The molecule has 0 amide bonds. The van der Waals surface area contributed by atoms with Crippen LogP contribution in [0.2, 0.25) is 0 Å². The van der Waals surface area contributed by atoms with Crippen LogP contribution >= 0.6 is 0 Å². The van der Waals surface area contributed by atoms with Crippen molar-refractivity contribution < 1.29 is 39.6 Å². The van der Waals surface area contributed by atoms with Crippen LogP contribution in [0.3, 0.4) is 0 Å². The lowest BCUT2D eigenvalue weighted by atomic mass is 9.98. The first-order valence-electron chi connectivity index (χ1n) is 12.8. The quantitative estimate of drug-likeness (QED) is 0.306. The van der Waals surface area contributed by atoms with Crippen LogP contribution in [0.4, 0.5) is 0 Å². The van der Waals surface area contributed by atoms with Gasteiger partial charge in [-0.3, -0.25) is 38.8 Å². The van der Waals surface area contributed by atoms with Gasteiger partial charge < -0.3 is 20.4 Å². The smallest absolute Gasteiger partial charge is 0.317 e. The zero-order chi connectivity index (χ0) is 28.2. The molecule has 0 aliphatic carbocycles. The Morgan fingerprint density at radius 3 is 1.55 bits per heavy atom. The van der Waals surface area contributed by atoms with Crippen LogP contribution in [-0.2, 0) is 25.6 Å². The summed E-state index contributed by atoms with van der Waals surface area (Å²) in [7, 11) is 0. The maximum Gasteiger partial charge on any atom is 0.317 e. The summed E-state index contributed by atoms with van der Waals surface area (Å²) in [6.07, 6.45) is 0.472. The summed E-state index contributed by atoms with van der Waals surface area (Å²) in [5.41, 5.74) is 2.15. The molecule has 0 unspecified atom stereocenters. The van der Waals surface area contributed by atoms with Crippen LogP contribution < -0.4 is 0 Å². The average Bonchev–Trinajstić information content (AvgIpc) is 2.80. The molecule has 1 heterocycles. The van der Waals surface area contributed by atoms with Crippen molar-refractivity contribution in [3.63, 3.8) is 0 Å². The summed E-state index contributed by atoms with van der Waals surface area (Å²) in [5, 5.41) is 37.9. The minimum atomic E-state index is -1.03. The molecular formula is C26H40N4O8. The highest BCUT2D eigenvalue weighted by molar-refractivity contribution is 5.70. The molecule has 1 aliphatic heterocycles. The number of carboxylic acids is 4. The van der Waals surface area contributed by atoms with Gasteiger partial charge in [0, 0.05) is 51.9 Å². The molecule has 12 heteroatoms. The highest BCUT2D eigenvalue weighted by atomic mass is 16.4. The van der Waals surface area contributed by atoms with Crippen molar-refractivity contribution in [2.24, 2.45) is 0 Å². The normalized spacial score (nSPS) is 19.5. The maximum absolute atomic E-state index is 11.8.